The molecule has 0 aliphatic heterocycles. The van der Waals surface area contributed by atoms with E-state index >= 15 is 0 Å². The van der Waals surface area contributed by atoms with Crippen molar-refractivity contribution in [2.75, 3.05) is 0 Å². The summed E-state index contributed by atoms with van der Waals surface area (Å²) in [6, 6.07) is 10.7. The summed E-state index contributed by atoms with van der Waals surface area (Å²) in [6.45, 7) is 0.227. The first kappa shape index (κ1) is 13.4. The second kappa shape index (κ2) is 5.71. The molecule has 5 heteroatoms. The first-order valence-corrected chi connectivity index (χ1v) is 5.84. The molecule has 0 heterocycles. The topological polar surface area (TPSA) is 46.5 Å². The van der Waals surface area contributed by atoms with E-state index in [1.165, 1.54) is 6.07 Å². The van der Waals surface area contributed by atoms with Gasteiger partial charge in [0.15, 0.2) is 0 Å². The summed E-state index contributed by atoms with van der Waals surface area (Å²) in [5, 5.41) is 9.39. The van der Waals surface area contributed by atoms with Crippen LogP contribution in [0, 0.1) is 5.82 Å². The summed E-state index contributed by atoms with van der Waals surface area (Å²) in [5.74, 6) is -1.83. The van der Waals surface area contributed by atoms with Gasteiger partial charge in [0, 0.05) is 5.02 Å². The highest BCUT2D eigenvalue weighted by molar-refractivity contribution is 6.30. The standard InChI is InChI=1S/C14H10ClFO3/c15-10-3-1-2-9(6-10)8-19-11-4-5-13(16)12(7-11)14(17)18/h1-7H,8H2,(H,17,18). The second-order valence-electron chi connectivity index (χ2n) is 3.87. The normalized spacial score (nSPS) is 10.2. The van der Waals surface area contributed by atoms with Gasteiger partial charge in [0.05, 0.1) is 5.56 Å². The lowest BCUT2D eigenvalue weighted by molar-refractivity contribution is 0.0691. The molecule has 0 saturated heterocycles. The minimum absolute atomic E-state index is 0.227. The van der Waals surface area contributed by atoms with E-state index in [1.54, 1.807) is 18.2 Å². The number of aromatic carboxylic acids is 1. The first-order chi connectivity index (χ1) is 9.06. The van der Waals surface area contributed by atoms with Crippen LogP contribution in [0.2, 0.25) is 5.02 Å². The van der Waals surface area contributed by atoms with E-state index in [4.69, 9.17) is 21.4 Å². The van der Waals surface area contributed by atoms with E-state index in [9.17, 15) is 9.18 Å². The summed E-state index contributed by atoms with van der Waals surface area (Å²) < 4.78 is 18.6. The summed E-state index contributed by atoms with van der Waals surface area (Å²) >= 11 is 5.83. The minimum Gasteiger partial charge on any atom is -0.489 e. The molecule has 0 aliphatic rings. The first-order valence-electron chi connectivity index (χ1n) is 5.46. The Morgan fingerprint density at radius 1 is 1.26 bits per heavy atom. The Morgan fingerprint density at radius 2 is 2.05 bits per heavy atom. The molecule has 19 heavy (non-hydrogen) atoms. The van der Waals surface area contributed by atoms with Crippen LogP contribution in [0.25, 0.3) is 0 Å². The number of carbonyl (C=O) groups is 1. The third-order valence-electron chi connectivity index (χ3n) is 2.46. The molecule has 0 saturated carbocycles. The van der Waals surface area contributed by atoms with Crippen LogP contribution >= 0.6 is 11.6 Å². The molecule has 2 aromatic carbocycles. The molecule has 98 valence electrons. The fourth-order valence-corrected chi connectivity index (χ4v) is 1.76. The maximum atomic E-state index is 13.2. The fraction of sp³-hybridized carbons (Fsp3) is 0.0714. The highest BCUT2D eigenvalue weighted by Crippen LogP contribution is 2.19. The van der Waals surface area contributed by atoms with Crippen molar-refractivity contribution in [2.45, 2.75) is 6.61 Å². The van der Waals surface area contributed by atoms with Gasteiger partial charge in [0.2, 0.25) is 0 Å². The monoisotopic (exact) mass is 280 g/mol. The van der Waals surface area contributed by atoms with Gasteiger partial charge in [0.25, 0.3) is 0 Å². The van der Waals surface area contributed by atoms with E-state index in [-0.39, 0.29) is 6.61 Å². The maximum absolute atomic E-state index is 13.2. The van der Waals surface area contributed by atoms with Gasteiger partial charge in [-0.05, 0) is 35.9 Å². The van der Waals surface area contributed by atoms with Crippen molar-refractivity contribution < 1.29 is 19.0 Å². The predicted octanol–water partition coefficient (Wildman–Crippen LogP) is 3.76. The van der Waals surface area contributed by atoms with Crippen LogP contribution in [0.4, 0.5) is 4.39 Å². The van der Waals surface area contributed by atoms with Crippen molar-refractivity contribution >= 4 is 17.6 Å². The van der Waals surface area contributed by atoms with Crippen molar-refractivity contribution in [1.29, 1.82) is 0 Å². The summed E-state index contributed by atoms with van der Waals surface area (Å²) in [5.41, 5.74) is 0.428. The van der Waals surface area contributed by atoms with Crippen LogP contribution in [-0.4, -0.2) is 11.1 Å². The molecule has 1 N–H and O–H groups in total. The van der Waals surface area contributed by atoms with Crippen molar-refractivity contribution in [3.05, 3.63) is 64.4 Å². The van der Waals surface area contributed by atoms with Crippen molar-refractivity contribution in [1.82, 2.24) is 0 Å². The van der Waals surface area contributed by atoms with E-state index in [2.05, 4.69) is 0 Å². The molecule has 0 aromatic heterocycles. The highest BCUT2D eigenvalue weighted by Gasteiger charge is 2.11. The highest BCUT2D eigenvalue weighted by atomic mass is 35.5. The Morgan fingerprint density at radius 3 is 2.74 bits per heavy atom. The van der Waals surface area contributed by atoms with Crippen LogP contribution in [0.1, 0.15) is 15.9 Å². The minimum atomic E-state index is -1.33. The lowest BCUT2D eigenvalue weighted by Crippen LogP contribution is -2.02. The predicted molar refractivity (Wildman–Crippen MR) is 69.1 cm³/mol. The second-order valence-corrected chi connectivity index (χ2v) is 4.30. The van der Waals surface area contributed by atoms with Crippen LogP contribution < -0.4 is 4.74 Å². The zero-order chi connectivity index (χ0) is 13.8. The molecular weight excluding hydrogens is 271 g/mol. The third kappa shape index (κ3) is 3.45. The number of hydrogen-bond donors (Lipinski definition) is 1. The van der Waals surface area contributed by atoms with E-state index in [0.29, 0.717) is 10.8 Å². The van der Waals surface area contributed by atoms with Crippen LogP contribution in [-0.2, 0) is 6.61 Å². The van der Waals surface area contributed by atoms with Gasteiger partial charge >= 0.3 is 5.97 Å². The molecular formula is C14H10ClFO3. The molecule has 0 spiro atoms. The molecule has 0 fully saturated rings. The molecule has 3 nitrogen and oxygen atoms in total. The lowest BCUT2D eigenvalue weighted by atomic mass is 10.2. The van der Waals surface area contributed by atoms with E-state index in [1.807, 2.05) is 6.07 Å². The number of benzene rings is 2. The van der Waals surface area contributed by atoms with Crippen LogP contribution in [0.5, 0.6) is 5.75 Å². The van der Waals surface area contributed by atoms with E-state index < -0.39 is 17.3 Å². The molecule has 0 radical (unpaired) electrons. The molecule has 0 unspecified atom stereocenters. The van der Waals surface area contributed by atoms with Gasteiger partial charge < -0.3 is 9.84 Å². The summed E-state index contributed by atoms with van der Waals surface area (Å²) in [6.07, 6.45) is 0. The van der Waals surface area contributed by atoms with Gasteiger partial charge in [0.1, 0.15) is 18.2 Å². The molecule has 0 atom stereocenters. The smallest absolute Gasteiger partial charge is 0.338 e. The molecule has 0 aliphatic carbocycles. The van der Waals surface area contributed by atoms with Gasteiger partial charge in [-0.3, -0.25) is 0 Å². The Hall–Kier alpha value is -2.07. The number of ether oxygens (including phenoxy) is 1. The molecule has 0 amide bonds. The average molecular weight is 281 g/mol. The quantitative estimate of drug-likeness (QED) is 0.927. The number of rotatable bonds is 4. The van der Waals surface area contributed by atoms with Crippen molar-refractivity contribution in [3.63, 3.8) is 0 Å². The fourth-order valence-electron chi connectivity index (χ4n) is 1.55. The number of carboxylic acid groups (broad SMARTS) is 1. The number of hydrogen-bond acceptors (Lipinski definition) is 2. The zero-order valence-electron chi connectivity index (χ0n) is 9.77. The molecule has 0 bridgehead atoms. The SMILES string of the molecule is O=C(O)c1cc(OCc2cccc(Cl)c2)ccc1F. The van der Waals surface area contributed by atoms with Crippen molar-refractivity contribution in [2.24, 2.45) is 0 Å². The maximum Gasteiger partial charge on any atom is 0.338 e. The van der Waals surface area contributed by atoms with E-state index in [0.717, 1.165) is 17.7 Å². The Labute approximate surface area is 114 Å². The van der Waals surface area contributed by atoms with Crippen LogP contribution in [0.3, 0.4) is 0 Å². The van der Waals surface area contributed by atoms with Crippen molar-refractivity contribution in [3.8, 4) is 5.75 Å². The Kier molecular flexibility index (Phi) is 4.02. The number of halogens is 2. The third-order valence-corrected chi connectivity index (χ3v) is 2.70. The Balaban J connectivity index is 2.12. The lowest BCUT2D eigenvalue weighted by Gasteiger charge is -2.07. The Bertz CT molecular complexity index is 613. The van der Waals surface area contributed by atoms with Crippen LogP contribution in [0.15, 0.2) is 42.5 Å². The van der Waals surface area contributed by atoms with Gasteiger partial charge in [-0.2, -0.15) is 0 Å². The molecule has 2 aromatic rings. The average Bonchev–Trinajstić information content (AvgIpc) is 2.37. The zero-order valence-corrected chi connectivity index (χ0v) is 10.5. The number of carboxylic acids is 1. The largest absolute Gasteiger partial charge is 0.489 e. The summed E-state index contributed by atoms with van der Waals surface area (Å²) in [4.78, 5) is 10.8. The summed E-state index contributed by atoms with van der Waals surface area (Å²) in [7, 11) is 0. The van der Waals surface area contributed by atoms with Gasteiger partial charge in [-0.1, -0.05) is 23.7 Å². The van der Waals surface area contributed by atoms with Gasteiger partial charge in [-0.25, -0.2) is 9.18 Å². The van der Waals surface area contributed by atoms with Gasteiger partial charge in [-0.15, -0.1) is 0 Å². The molecule has 2 rings (SSSR count).